The Morgan fingerprint density at radius 2 is 2.11 bits per heavy atom. The molecule has 4 nitrogen and oxygen atoms in total. The predicted molar refractivity (Wildman–Crippen MR) is 72.8 cm³/mol. The van der Waals surface area contributed by atoms with Crippen LogP contribution in [0, 0.1) is 0 Å². The number of nitrogens with zero attached hydrogens (tertiary/aromatic N) is 1. The maximum Gasteiger partial charge on any atom is 0.262 e. The number of fused-ring (bicyclic) bond motifs is 1. The molecule has 2 aromatic rings. The minimum atomic E-state index is 0. The molecule has 1 N–H and O–H groups in total. The maximum absolute atomic E-state index is 5.96. The van der Waals surface area contributed by atoms with E-state index in [1.54, 1.807) is 12.1 Å². The summed E-state index contributed by atoms with van der Waals surface area (Å²) in [6, 6.07) is 5.41. The smallest absolute Gasteiger partial charge is 0.262 e. The van der Waals surface area contributed by atoms with E-state index in [2.05, 4.69) is 10.5 Å². The standard InChI is InChI=1S/C12H13ClN2O2.ClH/c13-8-1-2-11-10(7-8)12(15-17-11)16-9-3-5-14-6-4-9;/h1-2,7,9,14H,3-6H2;1H. The molecule has 98 valence electrons. The van der Waals surface area contributed by atoms with Gasteiger partial charge in [0.25, 0.3) is 5.88 Å². The summed E-state index contributed by atoms with van der Waals surface area (Å²) in [6.45, 7) is 1.97. The number of halogens is 2. The van der Waals surface area contributed by atoms with Gasteiger partial charge in [0.1, 0.15) is 6.10 Å². The lowest BCUT2D eigenvalue weighted by Gasteiger charge is -2.22. The molecule has 0 radical (unpaired) electrons. The fourth-order valence-corrected chi connectivity index (χ4v) is 2.22. The Morgan fingerprint density at radius 3 is 2.89 bits per heavy atom. The van der Waals surface area contributed by atoms with Crippen LogP contribution in [0.4, 0.5) is 0 Å². The fraction of sp³-hybridized carbons (Fsp3) is 0.417. The molecule has 1 fully saturated rings. The van der Waals surface area contributed by atoms with Crippen LogP contribution in [-0.2, 0) is 0 Å². The lowest BCUT2D eigenvalue weighted by molar-refractivity contribution is 0.151. The molecule has 1 aromatic heterocycles. The maximum atomic E-state index is 5.96. The van der Waals surface area contributed by atoms with Crippen LogP contribution in [0.1, 0.15) is 12.8 Å². The van der Waals surface area contributed by atoms with Crippen LogP contribution in [0.2, 0.25) is 5.02 Å². The third-order valence-corrected chi connectivity index (χ3v) is 3.20. The van der Waals surface area contributed by atoms with Crippen LogP contribution in [0.25, 0.3) is 11.0 Å². The third kappa shape index (κ3) is 2.71. The Balaban J connectivity index is 0.00000120. The van der Waals surface area contributed by atoms with Gasteiger partial charge in [-0.2, -0.15) is 0 Å². The molecule has 1 aliphatic rings. The number of rotatable bonds is 2. The lowest BCUT2D eigenvalue weighted by Crippen LogP contribution is -2.34. The minimum absolute atomic E-state index is 0. The minimum Gasteiger partial charge on any atom is -0.472 e. The monoisotopic (exact) mass is 288 g/mol. The van der Waals surface area contributed by atoms with Crippen LogP contribution < -0.4 is 10.1 Å². The van der Waals surface area contributed by atoms with Crippen molar-refractivity contribution in [3.05, 3.63) is 23.2 Å². The largest absolute Gasteiger partial charge is 0.472 e. The van der Waals surface area contributed by atoms with E-state index in [0.717, 1.165) is 31.3 Å². The van der Waals surface area contributed by atoms with Crippen molar-refractivity contribution in [1.82, 2.24) is 10.5 Å². The summed E-state index contributed by atoms with van der Waals surface area (Å²) in [5, 5.41) is 8.76. The second-order valence-corrected chi connectivity index (χ2v) is 4.63. The van der Waals surface area contributed by atoms with E-state index >= 15 is 0 Å². The van der Waals surface area contributed by atoms with Gasteiger partial charge < -0.3 is 14.6 Å². The topological polar surface area (TPSA) is 47.3 Å². The summed E-state index contributed by atoms with van der Waals surface area (Å²) in [5.41, 5.74) is 0.707. The van der Waals surface area contributed by atoms with E-state index in [9.17, 15) is 0 Å². The number of hydrogen-bond acceptors (Lipinski definition) is 4. The summed E-state index contributed by atoms with van der Waals surface area (Å²) in [7, 11) is 0. The van der Waals surface area contributed by atoms with Gasteiger partial charge in [-0.25, -0.2) is 0 Å². The molecule has 0 amide bonds. The van der Waals surface area contributed by atoms with Gasteiger partial charge in [0, 0.05) is 5.02 Å². The summed E-state index contributed by atoms with van der Waals surface area (Å²) in [6.07, 6.45) is 2.20. The predicted octanol–water partition coefficient (Wildman–Crippen LogP) is 3.03. The molecule has 0 atom stereocenters. The molecule has 0 unspecified atom stereocenters. The number of piperidine rings is 1. The van der Waals surface area contributed by atoms with Crippen molar-refractivity contribution in [3.8, 4) is 5.88 Å². The third-order valence-electron chi connectivity index (χ3n) is 2.96. The van der Waals surface area contributed by atoms with E-state index in [0.29, 0.717) is 16.5 Å². The van der Waals surface area contributed by atoms with E-state index in [1.807, 2.05) is 6.07 Å². The average molecular weight is 289 g/mol. The van der Waals surface area contributed by atoms with Crippen LogP contribution in [0.15, 0.2) is 22.7 Å². The molecule has 0 saturated carbocycles. The van der Waals surface area contributed by atoms with Crippen LogP contribution in [0.5, 0.6) is 5.88 Å². The first-order valence-electron chi connectivity index (χ1n) is 5.75. The van der Waals surface area contributed by atoms with Crippen molar-refractivity contribution in [1.29, 1.82) is 0 Å². The Bertz CT molecular complexity index is 524. The normalized spacial score (nSPS) is 16.5. The van der Waals surface area contributed by atoms with E-state index < -0.39 is 0 Å². The molecule has 2 heterocycles. The van der Waals surface area contributed by atoms with Crippen LogP contribution in [-0.4, -0.2) is 24.4 Å². The zero-order valence-corrected chi connectivity index (χ0v) is 11.3. The summed E-state index contributed by atoms with van der Waals surface area (Å²) in [5.74, 6) is 0.550. The van der Waals surface area contributed by atoms with Crippen molar-refractivity contribution in [3.63, 3.8) is 0 Å². The molecule has 0 spiro atoms. The van der Waals surface area contributed by atoms with Gasteiger partial charge in [0.05, 0.1) is 5.39 Å². The van der Waals surface area contributed by atoms with E-state index in [-0.39, 0.29) is 18.5 Å². The van der Waals surface area contributed by atoms with Gasteiger partial charge >= 0.3 is 0 Å². The number of hydrogen-bond donors (Lipinski definition) is 1. The fourth-order valence-electron chi connectivity index (χ4n) is 2.04. The average Bonchev–Trinajstić information content (AvgIpc) is 2.73. The summed E-state index contributed by atoms with van der Waals surface area (Å²) >= 11 is 5.96. The molecule has 6 heteroatoms. The van der Waals surface area contributed by atoms with Crippen molar-refractivity contribution in [2.45, 2.75) is 18.9 Å². The van der Waals surface area contributed by atoms with Gasteiger partial charge in [-0.05, 0) is 49.3 Å². The first kappa shape index (κ1) is 13.5. The van der Waals surface area contributed by atoms with Gasteiger partial charge in [-0.3, -0.25) is 0 Å². The molecule has 3 rings (SSSR count). The molecule has 0 aliphatic carbocycles. The number of ether oxygens (including phenoxy) is 1. The van der Waals surface area contributed by atoms with Crippen molar-refractivity contribution in [2.24, 2.45) is 0 Å². The number of benzene rings is 1. The highest BCUT2D eigenvalue weighted by Crippen LogP contribution is 2.29. The Hall–Kier alpha value is -0.970. The summed E-state index contributed by atoms with van der Waals surface area (Å²) in [4.78, 5) is 0. The zero-order chi connectivity index (χ0) is 11.7. The first-order valence-corrected chi connectivity index (χ1v) is 6.13. The first-order chi connectivity index (χ1) is 8.33. The van der Waals surface area contributed by atoms with Gasteiger partial charge in [-0.15, -0.1) is 12.4 Å². The second-order valence-electron chi connectivity index (χ2n) is 4.20. The Morgan fingerprint density at radius 1 is 1.33 bits per heavy atom. The molecular formula is C12H14Cl2N2O2. The molecule has 1 saturated heterocycles. The number of nitrogens with one attached hydrogen (secondary N) is 1. The van der Waals surface area contributed by atoms with Crippen molar-refractivity contribution < 1.29 is 9.26 Å². The molecule has 1 aliphatic heterocycles. The van der Waals surface area contributed by atoms with Gasteiger partial charge in [0.15, 0.2) is 5.58 Å². The lowest BCUT2D eigenvalue weighted by atomic mass is 10.1. The van der Waals surface area contributed by atoms with Gasteiger partial charge in [-0.1, -0.05) is 11.6 Å². The Labute approximate surface area is 116 Å². The van der Waals surface area contributed by atoms with Crippen LogP contribution >= 0.6 is 24.0 Å². The number of aromatic nitrogens is 1. The Kier molecular flexibility index (Phi) is 4.32. The molecule has 1 aromatic carbocycles. The van der Waals surface area contributed by atoms with Crippen LogP contribution in [0.3, 0.4) is 0 Å². The van der Waals surface area contributed by atoms with E-state index in [4.69, 9.17) is 20.9 Å². The molecule has 18 heavy (non-hydrogen) atoms. The van der Waals surface area contributed by atoms with E-state index in [1.165, 1.54) is 0 Å². The van der Waals surface area contributed by atoms with Gasteiger partial charge in [0.2, 0.25) is 0 Å². The van der Waals surface area contributed by atoms with Crippen molar-refractivity contribution in [2.75, 3.05) is 13.1 Å². The molecule has 0 bridgehead atoms. The highest BCUT2D eigenvalue weighted by Gasteiger charge is 2.18. The zero-order valence-electron chi connectivity index (χ0n) is 9.69. The second kappa shape index (κ2) is 5.78. The summed E-state index contributed by atoms with van der Waals surface area (Å²) < 4.78 is 11.1. The van der Waals surface area contributed by atoms with Crippen molar-refractivity contribution >= 4 is 35.0 Å². The quantitative estimate of drug-likeness (QED) is 0.923. The highest BCUT2D eigenvalue weighted by molar-refractivity contribution is 6.31. The SMILES string of the molecule is Cl.Clc1ccc2onc(OC3CCNCC3)c2c1. The highest BCUT2D eigenvalue weighted by atomic mass is 35.5. The molecular weight excluding hydrogens is 275 g/mol.